The number of fused-ring (bicyclic) bond motifs is 3. The Balaban J connectivity index is 1.83. The Labute approximate surface area is 138 Å². The summed E-state index contributed by atoms with van der Waals surface area (Å²) in [6.45, 7) is 5.07. The number of benzene rings is 1. The maximum atomic E-state index is 4.76. The van der Waals surface area contributed by atoms with Crippen LogP contribution >= 0.6 is 0 Å². The highest BCUT2D eigenvalue weighted by Crippen LogP contribution is 2.42. The Kier molecular flexibility index (Phi) is 2.60. The van der Waals surface area contributed by atoms with Gasteiger partial charge in [0.25, 0.3) is 7.55 Å². The molecular weight excluding hydrogens is 283 g/mol. The van der Waals surface area contributed by atoms with Gasteiger partial charge in [-0.2, -0.15) is 0 Å². The maximum absolute atomic E-state index is 4.76. The largest absolute Gasteiger partial charge is 0.445 e. The minimum absolute atomic E-state index is 0.148. The summed E-state index contributed by atoms with van der Waals surface area (Å²) >= 11 is 0. The fourth-order valence-electron chi connectivity index (χ4n) is 4.09. The van der Waals surface area contributed by atoms with Gasteiger partial charge in [-0.1, -0.05) is 25.8 Å². The molecule has 0 spiro atoms. The molecule has 0 amide bonds. The van der Waals surface area contributed by atoms with E-state index in [1.807, 2.05) is 6.20 Å². The van der Waals surface area contributed by atoms with Gasteiger partial charge in [-0.25, -0.2) is 4.98 Å². The average molecular weight is 301 g/mol. The number of aromatic nitrogens is 2. The summed E-state index contributed by atoms with van der Waals surface area (Å²) in [6.07, 6.45) is 2.01. The van der Waals surface area contributed by atoms with Crippen LogP contribution in [-0.2, 0) is 0 Å². The molecule has 2 aromatic rings. The summed E-state index contributed by atoms with van der Waals surface area (Å²) in [6, 6.07) is 8.60. The van der Waals surface area contributed by atoms with Crippen LogP contribution in [0.1, 0.15) is 0 Å². The predicted octanol–water partition coefficient (Wildman–Crippen LogP) is 0.670. The summed E-state index contributed by atoms with van der Waals surface area (Å²) in [5.74, 6) is 2.24. The second-order valence-corrected chi connectivity index (χ2v) is 6.68. The predicted molar refractivity (Wildman–Crippen MR) is 98.3 cm³/mol. The summed E-state index contributed by atoms with van der Waals surface area (Å²) in [4.78, 5) is 7.05. The highest BCUT2D eigenvalue weighted by atomic mass is 15.4. The third kappa shape index (κ3) is 1.53. The minimum atomic E-state index is 0.148. The quantitative estimate of drug-likeness (QED) is 0.668. The van der Waals surface area contributed by atoms with Gasteiger partial charge < -0.3 is 23.4 Å². The van der Waals surface area contributed by atoms with Gasteiger partial charge in [-0.3, -0.25) is 0 Å². The fraction of sp³-hybridized carbons (Fsp3) is 0.308. The first-order valence-electron chi connectivity index (χ1n) is 8.12. The van der Waals surface area contributed by atoms with E-state index in [-0.39, 0.29) is 21.1 Å². The lowest BCUT2D eigenvalue weighted by molar-refractivity contribution is 0.710. The molecule has 0 N–H and O–H groups in total. The molecule has 111 valence electrons. The van der Waals surface area contributed by atoms with Crippen molar-refractivity contribution in [2.75, 3.05) is 23.6 Å². The number of nitrogens with zero attached hydrogens (tertiary/aromatic N) is 6. The van der Waals surface area contributed by atoms with Crippen molar-refractivity contribution >= 4 is 40.1 Å². The standard InChI is InChI=1S/C13H17B4N6/c1-15-19(3)12-9-18-13-10-7-5-6-8-11(10)22-16(2)20(4)14-23(15)17(22)21(12)13/h5-9H,1-4H3. The van der Waals surface area contributed by atoms with E-state index in [1.165, 1.54) is 17.1 Å². The molecule has 0 saturated carbocycles. The number of hydrogen-bond donors (Lipinski definition) is 0. The highest BCUT2D eigenvalue weighted by molar-refractivity contribution is 6.96. The van der Waals surface area contributed by atoms with Crippen molar-refractivity contribution in [2.45, 2.75) is 13.6 Å². The van der Waals surface area contributed by atoms with Crippen LogP contribution in [0, 0.1) is 0 Å². The molecule has 0 aliphatic carbocycles. The van der Waals surface area contributed by atoms with Crippen LogP contribution in [0.25, 0.3) is 11.4 Å². The Morgan fingerprint density at radius 2 is 1.87 bits per heavy atom. The van der Waals surface area contributed by atoms with E-state index in [2.05, 4.69) is 82.9 Å². The van der Waals surface area contributed by atoms with Gasteiger partial charge in [0, 0.05) is 11.3 Å². The molecule has 5 rings (SSSR count). The molecule has 6 nitrogen and oxygen atoms in total. The SMILES string of the molecule is CB1N2[B]N(C)B(C)N3B2n2c(cnc2-c2ccccc23)N1C. The monoisotopic (exact) mass is 301 g/mol. The van der Waals surface area contributed by atoms with Gasteiger partial charge in [0.1, 0.15) is 11.6 Å². The minimum Gasteiger partial charge on any atom is -0.415 e. The van der Waals surface area contributed by atoms with Crippen molar-refractivity contribution < 1.29 is 0 Å². The van der Waals surface area contributed by atoms with Crippen LogP contribution < -0.4 is 9.53 Å². The van der Waals surface area contributed by atoms with Crippen molar-refractivity contribution in [1.29, 1.82) is 0 Å². The van der Waals surface area contributed by atoms with E-state index in [1.54, 1.807) is 0 Å². The first-order chi connectivity index (χ1) is 11.1. The molecule has 1 saturated heterocycles. The van der Waals surface area contributed by atoms with Crippen LogP contribution in [0.3, 0.4) is 0 Å². The number of anilines is 2. The zero-order chi connectivity index (χ0) is 15.9. The van der Waals surface area contributed by atoms with E-state index < -0.39 is 0 Å². The molecule has 1 fully saturated rings. The Morgan fingerprint density at radius 1 is 1.09 bits per heavy atom. The van der Waals surface area contributed by atoms with Crippen molar-refractivity contribution in [3.8, 4) is 11.4 Å². The number of para-hydroxylation sites is 1. The first kappa shape index (κ1) is 13.6. The summed E-state index contributed by atoms with van der Waals surface area (Å²) in [7, 11) is 6.68. The molecule has 23 heavy (non-hydrogen) atoms. The van der Waals surface area contributed by atoms with Gasteiger partial charge in [-0.05, 0) is 26.2 Å². The van der Waals surface area contributed by atoms with Gasteiger partial charge >= 0.3 is 21.1 Å². The molecule has 1 aromatic carbocycles. The molecule has 1 aromatic heterocycles. The second-order valence-electron chi connectivity index (χ2n) is 6.68. The molecule has 10 heteroatoms. The molecule has 4 heterocycles. The van der Waals surface area contributed by atoms with Crippen LogP contribution in [0.5, 0.6) is 0 Å². The summed E-state index contributed by atoms with van der Waals surface area (Å²) in [5, 5.41) is 0. The van der Waals surface area contributed by atoms with Crippen LogP contribution in [0.15, 0.2) is 30.5 Å². The topological polar surface area (TPSA) is 30.8 Å². The van der Waals surface area contributed by atoms with Crippen LogP contribution in [0.2, 0.25) is 13.6 Å². The maximum Gasteiger partial charge on any atom is 0.445 e. The highest BCUT2D eigenvalue weighted by Gasteiger charge is 2.55. The van der Waals surface area contributed by atoms with Crippen molar-refractivity contribution in [1.82, 2.24) is 18.8 Å². The molecule has 3 aliphatic rings. The molecular formula is C13H17B4N6. The number of hydrogen-bond acceptors (Lipinski definition) is 5. The lowest BCUT2D eigenvalue weighted by Gasteiger charge is -2.56. The van der Waals surface area contributed by atoms with Gasteiger partial charge in [0.15, 0.2) is 0 Å². The van der Waals surface area contributed by atoms with E-state index in [0.29, 0.717) is 0 Å². The molecule has 0 atom stereocenters. The third-order valence-corrected chi connectivity index (χ3v) is 5.61. The normalized spacial score (nSPS) is 19.7. The summed E-state index contributed by atoms with van der Waals surface area (Å²) in [5.41, 5.74) is 2.47. The lowest BCUT2D eigenvalue weighted by Crippen LogP contribution is -2.80. The van der Waals surface area contributed by atoms with Crippen molar-refractivity contribution in [3.05, 3.63) is 30.5 Å². The average Bonchev–Trinajstić information content (AvgIpc) is 3.00. The summed E-state index contributed by atoms with van der Waals surface area (Å²) < 4.78 is 9.55. The van der Waals surface area contributed by atoms with E-state index in [4.69, 9.17) is 4.98 Å². The third-order valence-electron chi connectivity index (χ3n) is 5.61. The zero-order valence-corrected chi connectivity index (χ0v) is 13.9. The van der Waals surface area contributed by atoms with Gasteiger partial charge in [0.2, 0.25) is 0 Å². The Hall–Kier alpha value is -1.79. The Morgan fingerprint density at radius 3 is 2.70 bits per heavy atom. The van der Waals surface area contributed by atoms with Gasteiger partial charge in [0.05, 0.1) is 6.20 Å². The van der Waals surface area contributed by atoms with E-state index in [9.17, 15) is 0 Å². The molecule has 0 bridgehead atoms. The van der Waals surface area contributed by atoms with Crippen molar-refractivity contribution in [2.24, 2.45) is 0 Å². The zero-order valence-electron chi connectivity index (χ0n) is 13.9. The van der Waals surface area contributed by atoms with E-state index >= 15 is 0 Å². The first-order valence-corrected chi connectivity index (χ1v) is 8.12. The lowest BCUT2D eigenvalue weighted by atomic mass is 9.47. The fourth-order valence-corrected chi connectivity index (χ4v) is 4.09. The van der Waals surface area contributed by atoms with Crippen LogP contribution in [0.4, 0.5) is 11.5 Å². The van der Waals surface area contributed by atoms with E-state index in [0.717, 1.165) is 5.82 Å². The second kappa shape index (κ2) is 4.39. The smallest absolute Gasteiger partial charge is 0.415 e. The van der Waals surface area contributed by atoms with Gasteiger partial charge in [-0.15, -0.1) is 0 Å². The molecule has 1 radical (unpaired) electrons. The Bertz CT molecular complexity index is 797. The number of imidazole rings is 1. The van der Waals surface area contributed by atoms with Crippen LogP contribution in [-0.4, -0.2) is 61.5 Å². The molecule has 0 unspecified atom stereocenters. The van der Waals surface area contributed by atoms with Crippen molar-refractivity contribution in [3.63, 3.8) is 0 Å². The molecule has 3 aliphatic heterocycles. The number of rotatable bonds is 0.